The zero-order valence-corrected chi connectivity index (χ0v) is 16.4. The van der Waals surface area contributed by atoms with Crippen LogP contribution in [0.25, 0.3) is 11.4 Å². The van der Waals surface area contributed by atoms with Crippen molar-refractivity contribution in [2.24, 2.45) is 0 Å². The molecule has 0 fully saturated rings. The van der Waals surface area contributed by atoms with Gasteiger partial charge in [-0.15, -0.1) is 0 Å². The van der Waals surface area contributed by atoms with Crippen LogP contribution >= 0.6 is 0 Å². The lowest BCUT2D eigenvalue weighted by atomic mass is 10.2. The van der Waals surface area contributed by atoms with Crippen LogP contribution in [0.3, 0.4) is 0 Å². The number of anilines is 2. The van der Waals surface area contributed by atoms with Crippen LogP contribution in [0.1, 0.15) is 19.7 Å². The molecule has 0 spiro atoms. The van der Waals surface area contributed by atoms with Gasteiger partial charge in [0.1, 0.15) is 0 Å². The Morgan fingerprint density at radius 1 is 1.00 bits per heavy atom. The number of amides is 2. The van der Waals surface area contributed by atoms with Crippen LogP contribution in [0.2, 0.25) is 0 Å². The van der Waals surface area contributed by atoms with Crippen molar-refractivity contribution in [1.29, 1.82) is 0 Å². The van der Waals surface area contributed by atoms with E-state index in [9.17, 15) is 9.59 Å². The number of rotatable bonds is 8. The van der Waals surface area contributed by atoms with Gasteiger partial charge in [-0.25, -0.2) is 0 Å². The fourth-order valence-corrected chi connectivity index (χ4v) is 2.83. The van der Waals surface area contributed by atoms with E-state index in [4.69, 9.17) is 4.52 Å². The van der Waals surface area contributed by atoms with Crippen LogP contribution in [0.5, 0.6) is 0 Å². The van der Waals surface area contributed by atoms with E-state index in [1.165, 1.54) is 6.92 Å². The molecule has 3 N–H and O–H groups in total. The van der Waals surface area contributed by atoms with Crippen molar-refractivity contribution in [3.63, 3.8) is 0 Å². The minimum atomic E-state index is -0.138. The minimum Gasteiger partial charge on any atom is -0.333 e. The molecular weight excluding hydrogens is 370 g/mol. The summed E-state index contributed by atoms with van der Waals surface area (Å²) in [4.78, 5) is 28.9. The Hall–Kier alpha value is -3.52. The molecule has 8 nitrogen and oxygen atoms in total. The molecule has 0 aliphatic carbocycles. The molecule has 3 aromatic rings. The summed E-state index contributed by atoms with van der Waals surface area (Å²) in [5.74, 6) is 0.783. The third kappa shape index (κ3) is 5.98. The van der Waals surface area contributed by atoms with Crippen molar-refractivity contribution in [2.75, 3.05) is 23.7 Å². The Morgan fingerprint density at radius 2 is 1.66 bits per heavy atom. The maximum atomic E-state index is 12.4. The standard InChI is InChI=1S/C21H23N5O3/c1-3-26(14-20-24-21(25-29-20)16-7-5-4-6-8-16)13-19(28)23-18-11-9-17(10-12-18)22-15(2)27/h4-12H,3,13-14H2,1-2H3,(H,22,27)(H,23,28)/p+1. The summed E-state index contributed by atoms with van der Waals surface area (Å²) in [6.45, 7) is 4.92. The minimum absolute atomic E-state index is 0.114. The van der Waals surface area contributed by atoms with E-state index in [1.807, 2.05) is 37.3 Å². The quantitative estimate of drug-likeness (QED) is 0.540. The van der Waals surface area contributed by atoms with E-state index in [1.54, 1.807) is 24.3 Å². The fraction of sp³-hybridized carbons (Fsp3) is 0.238. The second-order valence-corrected chi connectivity index (χ2v) is 6.64. The highest BCUT2D eigenvalue weighted by atomic mass is 16.5. The first-order valence-corrected chi connectivity index (χ1v) is 9.42. The van der Waals surface area contributed by atoms with Gasteiger partial charge in [0, 0.05) is 23.9 Å². The second-order valence-electron chi connectivity index (χ2n) is 6.64. The van der Waals surface area contributed by atoms with Gasteiger partial charge in [-0.2, -0.15) is 4.98 Å². The molecule has 150 valence electrons. The molecule has 1 heterocycles. The van der Waals surface area contributed by atoms with E-state index in [2.05, 4.69) is 20.8 Å². The highest BCUT2D eigenvalue weighted by Crippen LogP contribution is 2.14. The predicted molar refractivity (Wildman–Crippen MR) is 109 cm³/mol. The molecule has 0 radical (unpaired) electrons. The van der Waals surface area contributed by atoms with Crippen molar-refractivity contribution in [3.05, 3.63) is 60.5 Å². The normalized spacial score (nSPS) is 11.7. The van der Waals surface area contributed by atoms with E-state index >= 15 is 0 Å². The van der Waals surface area contributed by atoms with Crippen LogP contribution in [-0.2, 0) is 16.1 Å². The Kier molecular flexibility index (Phi) is 6.70. The maximum Gasteiger partial charge on any atom is 0.282 e. The largest absolute Gasteiger partial charge is 0.333 e. The van der Waals surface area contributed by atoms with Gasteiger partial charge in [0.15, 0.2) is 13.1 Å². The smallest absolute Gasteiger partial charge is 0.282 e. The lowest BCUT2D eigenvalue weighted by Crippen LogP contribution is -3.11. The molecule has 1 unspecified atom stereocenters. The maximum absolute atomic E-state index is 12.4. The van der Waals surface area contributed by atoms with Gasteiger partial charge >= 0.3 is 0 Å². The lowest BCUT2D eigenvalue weighted by Gasteiger charge is -2.15. The van der Waals surface area contributed by atoms with Crippen LogP contribution in [-0.4, -0.2) is 35.0 Å². The van der Waals surface area contributed by atoms with Gasteiger partial charge < -0.3 is 20.1 Å². The summed E-state index contributed by atoms with van der Waals surface area (Å²) in [6, 6.07) is 16.6. The van der Waals surface area contributed by atoms with E-state index in [0.29, 0.717) is 29.6 Å². The van der Waals surface area contributed by atoms with E-state index < -0.39 is 0 Å². The summed E-state index contributed by atoms with van der Waals surface area (Å²) in [5.41, 5.74) is 2.24. The summed E-state index contributed by atoms with van der Waals surface area (Å²) in [6.07, 6.45) is 0. The van der Waals surface area contributed by atoms with Crippen LogP contribution in [0.4, 0.5) is 11.4 Å². The molecule has 8 heteroatoms. The molecule has 0 bridgehead atoms. The summed E-state index contributed by atoms with van der Waals surface area (Å²) in [5, 5.41) is 9.57. The van der Waals surface area contributed by atoms with Crippen molar-refractivity contribution in [2.45, 2.75) is 20.4 Å². The molecule has 2 amide bonds. The number of likely N-dealkylation sites (N-methyl/N-ethyl adjacent to an activating group) is 1. The first kappa shape index (κ1) is 20.2. The Labute approximate surface area is 168 Å². The van der Waals surface area contributed by atoms with Crippen molar-refractivity contribution < 1.29 is 19.0 Å². The third-order valence-corrected chi connectivity index (χ3v) is 4.30. The molecule has 1 atom stereocenters. The average molecular weight is 394 g/mol. The van der Waals surface area contributed by atoms with Crippen molar-refractivity contribution in [3.8, 4) is 11.4 Å². The summed E-state index contributed by atoms with van der Waals surface area (Å²) >= 11 is 0. The van der Waals surface area contributed by atoms with Gasteiger partial charge in [0.25, 0.3) is 11.8 Å². The third-order valence-electron chi connectivity index (χ3n) is 4.30. The molecule has 0 aliphatic rings. The molecule has 0 saturated heterocycles. The topological polar surface area (TPSA) is 102 Å². The zero-order chi connectivity index (χ0) is 20.6. The Morgan fingerprint density at radius 3 is 2.28 bits per heavy atom. The number of quaternary nitrogens is 1. The lowest BCUT2D eigenvalue weighted by molar-refractivity contribution is -0.905. The molecule has 0 aliphatic heterocycles. The highest BCUT2D eigenvalue weighted by molar-refractivity contribution is 5.92. The zero-order valence-electron chi connectivity index (χ0n) is 16.4. The first-order valence-electron chi connectivity index (χ1n) is 9.42. The molecule has 29 heavy (non-hydrogen) atoms. The number of hydrogen-bond acceptors (Lipinski definition) is 5. The average Bonchev–Trinajstić information content (AvgIpc) is 3.18. The van der Waals surface area contributed by atoms with E-state index in [-0.39, 0.29) is 18.4 Å². The number of carbonyl (C=O) groups is 2. The number of hydrogen-bond donors (Lipinski definition) is 3. The van der Waals surface area contributed by atoms with Gasteiger partial charge in [-0.3, -0.25) is 9.59 Å². The molecule has 2 aromatic carbocycles. The molecule has 1 aromatic heterocycles. The van der Waals surface area contributed by atoms with Gasteiger partial charge in [0.2, 0.25) is 11.7 Å². The fourth-order valence-electron chi connectivity index (χ4n) is 2.83. The van der Waals surface area contributed by atoms with Crippen molar-refractivity contribution in [1.82, 2.24) is 10.1 Å². The Bertz CT molecular complexity index is 954. The van der Waals surface area contributed by atoms with Crippen LogP contribution in [0, 0.1) is 0 Å². The first-order chi connectivity index (χ1) is 14.0. The van der Waals surface area contributed by atoms with Gasteiger partial charge in [-0.05, 0) is 31.2 Å². The number of benzene rings is 2. The molecule has 3 rings (SSSR count). The predicted octanol–water partition coefficient (Wildman–Crippen LogP) is 1.74. The molecular formula is C21H24N5O3+. The Balaban J connectivity index is 1.55. The number of nitrogens with one attached hydrogen (secondary N) is 3. The second kappa shape index (κ2) is 9.61. The van der Waals surface area contributed by atoms with Gasteiger partial charge in [0.05, 0.1) is 6.54 Å². The van der Waals surface area contributed by atoms with Crippen molar-refractivity contribution >= 4 is 23.2 Å². The summed E-state index contributed by atoms with van der Waals surface area (Å²) in [7, 11) is 0. The summed E-state index contributed by atoms with van der Waals surface area (Å²) < 4.78 is 5.35. The van der Waals surface area contributed by atoms with E-state index in [0.717, 1.165) is 17.0 Å². The SMILES string of the molecule is CC[NH+](CC(=O)Nc1ccc(NC(C)=O)cc1)Cc1nc(-c2ccccc2)no1. The monoisotopic (exact) mass is 394 g/mol. The number of aromatic nitrogens is 2. The highest BCUT2D eigenvalue weighted by Gasteiger charge is 2.18. The van der Waals surface area contributed by atoms with Gasteiger partial charge in [-0.1, -0.05) is 35.5 Å². The molecule has 0 saturated carbocycles. The van der Waals surface area contributed by atoms with Crippen LogP contribution in [0.15, 0.2) is 59.1 Å². The van der Waals surface area contributed by atoms with Crippen LogP contribution < -0.4 is 15.5 Å². The number of carbonyl (C=O) groups excluding carboxylic acids is 2. The number of nitrogens with zero attached hydrogens (tertiary/aromatic N) is 2.